The molecule has 0 radical (unpaired) electrons. The van der Waals surface area contributed by atoms with Gasteiger partial charge in [0.1, 0.15) is 11.5 Å². The fraction of sp³-hybridized carbons (Fsp3) is 0.150. The summed E-state index contributed by atoms with van der Waals surface area (Å²) >= 11 is 0. The van der Waals surface area contributed by atoms with Gasteiger partial charge in [-0.2, -0.15) is 0 Å². The number of nitrogens with one attached hydrogen (secondary N) is 1. The molecule has 0 aliphatic rings. The summed E-state index contributed by atoms with van der Waals surface area (Å²) in [6.45, 7) is 9.48. The number of methoxy groups -OCH3 is 2. The van der Waals surface area contributed by atoms with Gasteiger partial charge in [0, 0.05) is 16.8 Å². The number of para-hydroxylation sites is 1. The van der Waals surface area contributed by atoms with Crippen molar-refractivity contribution in [3.8, 4) is 11.5 Å². The van der Waals surface area contributed by atoms with Crippen LogP contribution in [0.1, 0.15) is 16.8 Å². The molecule has 0 amide bonds. The minimum Gasteiger partial charge on any atom is -0.496 e. The van der Waals surface area contributed by atoms with Crippen LogP contribution in [0.5, 0.6) is 11.5 Å². The zero-order chi connectivity index (χ0) is 17.1. The van der Waals surface area contributed by atoms with Crippen LogP contribution in [0.2, 0.25) is 0 Å². The molecule has 0 saturated heterocycles. The lowest BCUT2D eigenvalue weighted by Gasteiger charge is -2.12. The average Bonchev–Trinajstić information content (AvgIpc) is 3.02. The van der Waals surface area contributed by atoms with Crippen LogP contribution in [-0.4, -0.2) is 19.2 Å². The fourth-order valence-corrected chi connectivity index (χ4v) is 2.74. The summed E-state index contributed by atoms with van der Waals surface area (Å²) in [6.07, 6.45) is 1.84. The molecule has 4 nitrogen and oxygen atoms in total. The van der Waals surface area contributed by atoms with Gasteiger partial charge in [0.2, 0.25) is 0 Å². The van der Waals surface area contributed by atoms with Gasteiger partial charge in [0.05, 0.1) is 20.8 Å². The van der Waals surface area contributed by atoms with Crippen molar-refractivity contribution in [3.05, 3.63) is 70.7 Å². The molecular weight excluding hydrogens is 300 g/mol. The summed E-state index contributed by atoms with van der Waals surface area (Å²) in [4.78, 5) is 7.00. The second kappa shape index (κ2) is 6.51. The molecule has 1 N–H and O–H groups in total. The van der Waals surface area contributed by atoms with E-state index in [2.05, 4.69) is 9.83 Å². The minimum atomic E-state index is 0.526. The van der Waals surface area contributed by atoms with Crippen LogP contribution in [0.25, 0.3) is 27.5 Å². The lowest BCUT2D eigenvalue weighted by atomic mass is 10.1. The molecule has 0 spiro atoms. The van der Waals surface area contributed by atoms with Crippen LogP contribution >= 0.6 is 0 Å². The molecule has 4 heteroatoms. The quantitative estimate of drug-likeness (QED) is 0.694. The Kier molecular flexibility index (Phi) is 4.26. The summed E-state index contributed by atoms with van der Waals surface area (Å²) in [6, 6.07) is 13.8. The summed E-state index contributed by atoms with van der Waals surface area (Å²) in [5.41, 5.74) is 4.15. The third kappa shape index (κ3) is 2.84. The van der Waals surface area contributed by atoms with E-state index >= 15 is 0 Å². The van der Waals surface area contributed by atoms with Gasteiger partial charge < -0.3 is 14.5 Å². The normalized spacial score (nSPS) is 11.3. The highest BCUT2D eigenvalue weighted by Crippen LogP contribution is 2.33. The molecule has 0 aliphatic heterocycles. The van der Waals surface area contributed by atoms with E-state index in [0.717, 1.165) is 27.7 Å². The number of rotatable bonds is 4. The van der Waals surface area contributed by atoms with Crippen molar-refractivity contribution in [2.24, 2.45) is 0 Å². The molecule has 2 aromatic carbocycles. The van der Waals surface area contributed by atoms with Crippen LogP contribution in [0.15, 0.2) is 42.5 Å². The molecule has 0 fully saturated rings. The first kappa shape index (κ1) is 15.7. The number of fused-ring (bicyclic) bond motifs is 1. The molecule has 0 atom stereocenters. The van der Waals surface area contributed by atoms with E-state index in [0.29, 0.717) is 17.2 Å². The Balaban J connectivity index is 2.10. The van der Waals surface area contributed by atoms with E-state index in [1.54, 1.807) is 14.2 Å². The SMILES string of the molecule is [C-]#[N+]/C(=C\c1cc2ccccc2[nH]1)c1cc(OC)c(C)c(OC)c1. The largest absolute Gasteiger partial charge is 0.496 e. The third-order valence-corrected chi connectivity index (χ3v) is 4.01. The summed E-state index contributed by atoms with van der Waals surface area (Å²) in [5, 5.41) is 1.12. The molecule has 0 bridgehead atoms. The van der Waals surface area contributed by atoms with Gasteiger partial charge >= 0.3 is 0 Å². The fourth-order valence-electron chi connectivity index (χ4n) is 2.74. The number of ether oxygens (including phenoxy) is 2. The van der Waals surface area contributed by atoms with Gasteiger partial charge in [-0.25, -0.2) is 4.85 Å². The topological polar surface area (TPSA) is 38.6 Å². The Morgan fingerprint density at radius 1 is 1.08 bits per heavy atom. The predicted octanol–water partition coefficient (Wildman–Crippen LogP) is 4.91. The van der Waals surface area contributed by atoms with Crippen molar-refractivity contribution in [1.29, 1.82) is 0 Å². The lowest BCUT2D eigenvalue weighted by molar-refractivity contribution is 0.388. The molecule has 0 saturated carbocycles. The average molecular weight is 318 g/mol. The van der Waals surface area contributed by atoms with E-state index in [4.69, 9.17) is 16.0 Å². The van der Waals surface area contributed by atoms with Crippen LogP contribution in [0.4, 0.5) is 0 Å². The molecule has 3 aromatic rings. The number of aromatic amines is 1. The monoisotopic (exact) mass is 318 g/mol. The number of nitrogens with zero attached hydrogens (tertiary/aromatic N) is 1. The first-order valence-electron chi connectivity index (χ1n) is 7.56. The Bertz CT molecular complexity index is 903. The first-order chi connectivity index (χ1) is 11.7. The zero-order valence-corrected chi connectivity index (χ0v) is 13.9. The van der Waals surface area contributed by atoms with Gasteiger partial charge in [0.25, 0.3) is 0 Å². The molecule has 0 unspecified atom stereocenters. The van der Waals surface area contributed by atoms with Crippen LogP contribution in [0.3, 0.4) is 0 Å². The van der Waals surface area contributed by atoms with Gasteiger partial charge in [-0.05, 0) is 48.2 Å². The molecule has 120 valence electrons. The Labute approximate surface area is 141 Å². The predicted molar refractivity (Wildman–Crippen MR) is 97.1 cm³/mol. The number of benzene rings is 2. The molecule has 0 aliphatic carbocycles. The highest BCUT2D eigenvalue weighted by Gasteiger charge is 2.12. The van der Waals surface area contributed by atoms with Gasteiger partial charge in [-0.15, -0.1) is 0 Å². The van der Waals surface area contributed by atoms with Crippen molar-refractivity contribution >= 4 is 22.7 Å². The number of hydrogen-bond donors (Lipinski definition) is 1. The smallest absolute Gasteiger partial charge is 0.196 e. The van der Waals surface area contributed by atoms with Crippen molar-refractivity contribution in [3.63, 3.8) is 0 Å². The molecule has 1 heterocycles. The number of aromatic nitrogens is 1. The van der Waals surface area contributed by atoms with Crippen molar-refractivity contribution in [2.45, 2.75) is 6.92 Å². The highest BCUT2D eigenvalue weighted by atomic mass is 16.5. The van der Waals surface area contributed by atoms with E-state index in [1.807, 2.05) is 55.5 Å². The second-order valence-electron chi connectivity index (χ2n) is 5.46. The van der Waals surface area contributed by atoms with Gasteiger partial charge in [-0.3, -0.25) is 0 Å². The third-order valence-electron chi connectivity index (χ3n) is 4.01. The van der Waals surface area contributed by atoms with Crippen molar-refractivity contribution in [2.75, 3.05) is 14.2 Å². The van der Waals surface area contributed by atoms with Crippen LogP contribution < -0.4 is 9.47 Å². The van der Waals surface area contributed by atoms with Gasteiger partial charge in [0.15, 0.2) is 5.70 Å². The Morgan fingerprint density at radius 3 is 2.33 bits per heavy atom. The minimum absolute atomic E-state index is 0.526. The molecule has 24 heavy (non-hydrogen) atoms. The van der Waals surface area contributed by atoms with Gasteiger partial charge in [-0.1, -0.05) is 18.2 Å². The van der Waals surface area contributed by atoms with Crippen molar-refractivity contribution < 1.29 is 9.47 Å². The maximum absolute atomic E-state index is 7.55. The van der Waals surface area contributed by atoms with Crippen molar-refractivity contribution in [1.82, 2.24) is 4.98 Å². The van der Waals surface area contributed by atoms with E-state index in [9.17, 15) is 0 Å². The number of hydrogen-bond acceptors (Lipinski definition) is 2. The van der Waals surface area contributed by atoms with Crippen LogP contribution in [0, 0.1) is 13.5 Å². The summed E-state index contributed by atoms with van der Waals surface area (Å²) in [5.74, 6) is 1.41. The van der Waals surface area contributed by atoms with E-state index < -0.39 is 0 Å². The van der Waals surface area contributed by atoms with E-state index in [-0.39, 0.29) is 0 Å². The number of H-pyrrole nitrogens is 1. The summed E-state index contributed by atoms with van der Waals surface area (Å²) < 4.78 is 10.8. The first-order valence-corrected chi connectivity index (χ1v) is 7.56. The molecule has 1 aromatic heterocycles. The second-order valence-corrected chi connectivity index (χ2v) is 5.46. The molecule has 3 rings (SSSR count). The maximum Gasteiger partial charge on any atom is 0.196 e. The highest BCUT2D eigenvalue weighted by molar-refractivity contribution is 5.90. The lowest BCUT2D eigenvalue weighted by Crippen LogP contribution is -1.94. The summed E-state index contributed by atoms with van der Waals surface area (Å²) in [7, 11) is 3.23. The van der Waals surface area contributed by atoms with E-state index in [1.165, 1.54) is 0 Å². The Hall–Kier alpha value is -3.19. The maximum atomic E-state index is 7.55. The Morgan fingerprint density at radius 2 is 1.75 bits per heavy atom. The zero-order valence-electron chi connectivity index (χ0n) is 13.9. The standard InChI is InChI=1S/C20H18N2O2/c1-13-19(23-3)10-15(11-20(13)24-4)18(21-2)12-16-9-14-7-5-6-8-17(14)22-16/h5-12,22H,1,3-4H3/b18-12-. The van der Waals surface area contributed by atoms with Crippen LogP contribution in [-0.2, 0) is 0 Å². The molecular formula is C20H18N2O2.